The molecule has 0 spiro atoms. The molecule has 0 heterocycles. The van der Waals surface area contributed by atoms with Gasteiger partial charge in [-0.1, -0.05) is 13.0 Å². The van der Waals surface area contributed by atoms with Gasteiger partial charge in [0.2, 0.25) is 0 Å². The first-order valence-corrected chi connectivity index (χ1v) is 5.81. The molecule has 0 amide bonds. The SMILES string of the molecule is CC/C=C/P(=O)(OCC)N(C)C. The summed E-state index contributed by atoms with van der Waals surface area (Å²) in [5.74, 6) is 1.66. The van der Waals surface area contributed by atoms with Crippen molar-refractivity contribution in [2.75, 3.05) is 20.7 Å². The Morgan fingerprint density at radius 1 is 1.42 bits per heavy atom. The van der Waals surface area contributed by atoms with Gasteiger partial charge in [-0.25, -0.2) is 4.67 Å². The molecule has 4 heteroatoms. The van der Waals surface area contributed by atoms with E-state index in [4.69, 9.17) is 4.52 Å². The first kappa shape index (κ1) is 11.9. The van der Waals surface area contributed by atoms with Crippen LogP contribution in [0.4, 0.5) is 0 Å². The summed E-state index contributed by atoms with van der Waals surface area (Å²) in [6, 6.07) is 0. The van der Waals surface area contributed by atoms with Gasteiger partial charge in [0, 0.05) is 5.82 Å². The Bertz CT molecular complexity index is 189. The molecule has 0 N–H and O–H groups in total. The molecule has 1 atom stereocenters. The quantitative estimate of drug-likeness (QED) is 0.626. The molecule has 0 aliphatic carbocycles. The fourth-order valence-electron chi connectivity index (χ4n) is 0.715. The van der Waals surface area contributed by atoms with Gasteiger partial charge in [-0.3, -0.25) is 4.57 Å². The molecule has 0 radical (unpaired) electrons. The van der Waals surface area contributed by atoms with Crippen LogP contribution < -0.4 is 0 Å². The standard InChI is InChI=1S/C8H18NO2P/c1-5-7-8-12(10,9(3)4)11-6-2/h7-8H,5-6H2,1-4H3/b8-7+. The highest BCUT2D eigenvalue weighted by Crippen LogP contribution is 2.50. The smallest absolute Gasteiger partial charge is 0.294 e. The van der Waals surface area contributed by atoms with Crippen molar-refractivity contribution in [1.29, 1.82) is 0 Å². The molecule has 0 aliphatic heterocycles. The van der Waals surface area contributed by atoms with E-state index >= 15 is 0 Å². The van der Waals surface area contributed by atoms with Crippen molar-refractivity contribution in [2.24, 2.45) is 0 Å². The van der Waals surface area contributed by atoms with Crippen LogP contribution in [0.2, 0.25) is 0 Å². The zero-order valence-electron chi connectivity index (χ0n) is 8.28. The molecular weight excluding hydrogens is 173 g/mol. The van der Waals surface area contributed by atoms with E-state index in [1.807, 2.05) is 19.9 Å². The molecular formula is C8H18NO2P. The van der Waals surface area contributed by atoms with Gasteiger partial charge < -0.3 is 4.52 Å². The van der Waals surface area contributed by atoms with E-state index < -0.39 is 7.52 Å². The van der Waals surface area contributed by atoms with Crippen molar-refractivity contribution >= 4 is 7.52 Å². The average Bonchev–Trinajstić information content (AvgIpc) is 2.01. The van der Waals surface area contributed by atoms with Gasteiger partial charge in [0.1, 0.15) is 0 Å². The Morgan fingerprint density at radius 3 is 2.33 bits per heavy atom. The maximum Gasteiger partial charge on any atom is 0.294 e. The second-order valence-electron chi connectivity index (χ2n) is 2.62. The Labute approximate surface area is 74.9 Å². The van der Waals surface area contributed by atoms with Gasteiger partial charge in [0.05, 0.1) is 6.61 Å². The van der Waals surface area contributed by atoms with Crippen LogP contribution in [0.15, 0.2) is 11.9 Å². The van der Waals surface area contributed by atoms with E-state index in [-0.39, 0.29) is 0 Å². The normalized spacial score (nSPS) is 17.1. The first-order valence-electron chi connectivity index (χ1n) is 4.16. The van der Waals surface area contributed by atoms with E-state index in [9.17, 15) is 4.57 Å². The van der Waals surface area contributed by atoms with E-state index in [0.717, 1.165) is 6.42 Å². The summed E-state index contributed by atoms with van der Waals surface area (Å²) in [5, 5.41) is 0. The molecule has 0 fully saturated rings. The van der Waals surface area contributed by atoms with E-state index in [2.05, 4.69) is 0 Å². The number of allylic oxidation sites excluding steroid dienone is 1. The molecule has 0 aromatic heterocycles. The van der Waals surface area contributed by atoms with Crippen molar-refractivity contribution in [3.63, 3.8) is 0 Å². The number of rotatable bonds is 5. The summed E-state index contributed by atoms with van der Waals surface area (Å²) in [6.07, 6.45) is 2.75. The Balaban J connectivity index is 4.40. The van der Waals surface area contributed by atoms with Crippen molar-refractivity contribution in [3.05, 3.63) is 11.9 Å². The minimum absolute atomic E-state index is 0.476. The van der Waals surface area contributed by atoms with Gasteiger partial charge in [-0.15, -0.1) is 0 Å². The maximum atomic E-state index is 11.9. The zero-order chi connectivity index (χ0) is 9.61. The molecule has 3 nitrogen and oxygen atoms in total. The number of hydrogen-bond donors (Lipinski definition) is 0. The van der Waals surface area contributed by atoms with Crippen molar-refractivity contribution in [1.82, 2.24) is 4.67 Å². The van der Waals surface area contributed by atoms with Crippen molar-refractivity contribution in [2.45, 2.75) is 20.3 Å². The summed E-state index contributed by atoms with van der Waals surface area (Å²) in [7, 11) is 0.866. The summed E-state index contributed by atoms with van der Waals surface area (Å²) >= 11 is 0. The molecule has 0 saturated carbocycles. The van der Waals surface area contributed by atoms with Crippen LogP contribution in [0.5, 0.6) is 0 Å². The molecule has 0 saturated heterocycles. The zero-order valence-corrected chi connectivity index (χ0v) is 9.17. The van der Waals surface area contributed by atoms with Crippen molar-refractivity contribution in [3.8, 4) is 0 Å². The largest absolute Gasteiger partial charge is 0.315 e. The lowest BCUT2D eigenvalue weighted by Gasteiger charge is -2.20. The summed E-state index contributed by atoms with van der Waals surface area (Å²) in [5.41, 5.74) is 0. The van der Waals surface area contributed by atoms with Gasteiger partial charge in [-0.2, -0.15) is 0 Å². The van der Waals surface area contributed by atoms with Gasteiger partial charge in [0.25, 0.3) is 7.52 Å². The molecule has 0 aliphatic rings. The Morgan fingerprint density at radius 2 is 2.00 bits per heavy atom. The van der Waals surface area contributed by atoms with Crippen molar-refractivity contribution < 1.29 is 9.09 Å². The highest BCUT2D eigenvalue weighted by Gasteiger charge is 2.20. The topological polar surface area (TPSA) is 29.5 Å². The number of hydrogen-bond acceptors (Lipinski definition) is 2. The van der Waals surface area contributed by atoms with Gasteiger partial charge >= 0.3 is 0 Å². The molecule has 0 bridgehead atoms. The average molecular weight is 191 g/mol. The summed E-state index contributed by atoms with van der Waals surface area (Å²) in [6.45, 7) is 4.32. The highest BCUT2D eigenvalue weighted by molar-refractivity contribution is 7.59. The molecule has 0 aromatic carbocycles. The fraction of sp³-hybridized carbons (Fsp3) is 0.750. The van der Waals surface area contributed by atoms with Crippen LogP contribution in [0.1, 0.15) is 20.3 Å². The third kappa shape index (κ3) is 3.53. The predicted molar refractivity (Wildman–Crippen MR) is 52.4 cm³/mol. The monoisotopic (exact) mass is 191 g/mol. The Kier molecular flexibility index (Phi) is 5.47. The lowest BCUT2D eigenvalue weighted by Crippen LogP contribution is -2.08. The predicted octanol–water partition coefficient (Wildman–Crippen LogP) is 2.70. The fourth-order valence-corrected chi connectivity index (χ4v) is 2.15. The van der Waals surface area contributed by atoms with Crippen LogP contribution in [0, 0.1) is 0 Å². The lowest BCUT2D eigenvalue weighted by atomic mass is 10.5. The summed E-state index contributed by atoms with van der Waals surface area (Å²) in [4.78, 5) is 0. The van der Waals surface area contributed by atoms with E-state index in [1.54, 1.807) is 24.6 Å². The molecule has 1 unspecified atom stereocenters. The molecule has 72 valence electrons. The van der Waals surface area contributed by atoms with Crippen LogP contribution >= 0.6 is 7.52 Å². The molecule has 0 aromatic rings. The maximum absolute atomic E-state index is 11.9. The third-order valence-electron chi connectivity index (χ3n) is 1.40. The van der Waals surface area contributed by atoms with Crippen LogP contribution in [-0.4, -0.2) is 25.4 Å². The lowest BCUT2D eigenvalue weighted by molar-refractivity contribution is 0.305. The Hall–Kier alpha value is -0.110. The minimum Gasteiger partial charge on any atom is -0.315 e. The van der Waals surface area contributed by atoms with Crippen LogP contribution in [-0.2, 0) is 9.09 Å². The second-order valence-corrected chi connectivity index (χ2v) is 5.11. The molecule has 12 heavy (non-hydrogen) atoms. The van der Waals surface area contributed by atoms with E-state index in [0.29, 0.717) is 6.61 Å². The third-order valence-corrected chi connectivity index (χ3v) is 3.73. The van der Waals surface area contributed by atoms with Crippen LogP contribution in [0.25, 0.3) is 0 Å². The van der Waals surface area contributed by atoms with Gasteiger partial charge in [-0.05, 0) is 27.4 Å². The summed E-state index contributed by atoms with van der Waals surface area (Å²) < 4.78 is 18.7. The van der Waals surface area contributed by atoms with Crippen LogP contribution in [0.3, 0.4) is 0 Å². The van der Waals surface area contributed by atoms with Gasteiger partial charge in [0.15, 0.2) is 0 Å². The molecule has 0 rings (SSSR count). The number of nitrogens with zero attached hydrogens (tertiary/aromatic N) is 1. The second kappa shape index (κ2) is 5.52. The minimum atomic E-state index is -2.66. The first-order chi connectivity index (χ1) is 5.56. The highest BCUT2D eigenvalue weighted by atomic mass is 31.2. The van der Waals surface area contributed by atoms with E-state index in [1.165, 1.54) is 0 Å².